The molecule has 0 aromatic heterocycles. The van der Waals surface area contributed by atoms with Crippen LogP contribution in [0.4, 0.5) is 0 Å². The van der Waals surface area contributed by atoms with Gasteiger partial charge >= 0.3 is 0 Å². The van der Waals surface area contributed by atoms with Crippen LogP contribution in [-0.4, -0.2) is 44.6 Å². The number of ether oxygens (including phenoxy) is 3. The maximum Gasteiger partial charge on any atom is 0.247 e. The number of rotatable bonds is 8. The van der Waals surface area contributed by atoms with Gasteiger partial charge in [-0.2, -0.15) is 0 Å². The van der Waals surface area contributed by atoms with Crippen LogP contribution in [-0.2, 0) is 9.59 Å². The third kappa shape index (κ3) is 4.93. The van der Waals surface area contributed by atoms with E-state index in [1.807, 2.05) is 49.4 Å². The average molecular weight is 427 g/mol. The monoisotopic (exact) mass is 426 g/mol. The molecule has 3 rings (SSSR count). The lowest BCUT2D eigenvalue weighted by molar-refractivity contribution is -0.143. The highest BCUT2D eigenvalue weighted by Gasteiger charge is 2.33. The third-order valence-electron chi connectivity index (χ3n) is 5.58. The fourth-order valence-electron chi connectivity index (χ4n) is 3.93. The summed E-state index contributed by atoms with van der Waals surface area (Å²) in [6, 6.07) is 12.1. The Morgan fingerprint density at radius 3 is 2.16 bits per heavy atom. The van der Waals surface area contributed by atoms with Gasteiger partial charge in [0.2, 0.25) is 17.6 Å². The first-order valence-corrected chi connectivity index (χ1v) is 10.4. The summed E-state index contributed by atoms with van der Waals surface area (Å²) in [5, 5.41) is 3.07. The molecule has 31 heavy (non-hydrogen) atoms. The Hall–Kier alpha value is -3.22. The van der Waals surface area contributed by atoms with Gasteiger partial charge in [0.05, 0.1) is 27.4 Å². The molecular formula is C24H30N2O5. The predicted octanol–water partition coefficient (Wildman–Crippen LogP) is 3.64. The number of methoxy groups -OCH3 is 3. The zero-order valence-corrected chi connectivity index (χ0v) is 18.5. The number of nitrogens with one attached hydrogen (secondary N) is 1. The molecule has 2 aromatic carbocycles. The highest BCUT2D eigenvalue weighted by Crippen LogP contribution is 2.39. The van der Waals surface area contributed by atoms with Crippen molar-refractivity contribution in [2.24, 2.45) is 0 Å². The fraction of sp³-hybridized carbons (Fsp3) is 0.417. The van der Waals surface area contributed by atoms with Crippen LogP contribution in [0.25, 0.3) is 0 Å². The predicted molar refractivity (Wildman–Crippen MR) is 117 cm³/mol. The second-order valence-electron chi connectivity index (χ2n) is 7.55. The molecule has 1 fully saturated rings. The summed E-state index contributed by atoms with van der Waals surface area (Å²) >= 11 is 0. The Kier molecular flexibility index (Phi) is 7.39. The van der Waals surface area contributed by atoms with Gasteiger partial charge in [-0.15, -0.1) is 0 Å². The van der Waals surface area contributed by atoms with Crippen LogP contribution in [0.1, 0.15) is 49.4 Å². The standard InChI is InChI=1S/C24H30N2O5/c1-16(18-14-19(29-2)23(31-4)20(15-18)30-3)25-24(28)22(17-10-6-5-7-11-17)26-13-9-8-12-21(26)27/h5-7,10-11,14-16,22H,8-9,12-13H2,1-4H3,(H,25,28). The number of hydrogen-bond acceptors (Lipinski definition) is 5. The van der Waals surface area contributed by atoms with Crippen LogP contribution in [0, 0.1) is 0 Å². The largest absolute Gasteiger partial charge is 0.493 e. The average Bonchev–Trinajstić information content (AvgIpc) is 2.80. The van der Waals surface area contributed by atoms with Crippen LogP contribution in [0.15, 0.2) is 42.5 Å². The van der Waals surface area contributed by atoms with Crippen LogP contribution in [0.3, 0.4) is 0 Å². The summed E-state index contributed by atoms with van der Waals surface area (Å²) in [6.07, 6.45) is 2.23. The van der Waals surface area contributed by atoms with Gasteiger partial charge in [0.1, 0.15) is 6.04 Å². The molecule has 2 aromatic rings. The van der Waals surface area contributed by atoms with Gasteiger partial charge in [-0.05, 0) is 43.0 Å². The van der Waals surface area contributed by atoms with Gasteiger partial charge in [0.25, 0.3) is 0 Å². The van der Waals surface area contributed by atoms with Gasteiger partial charge in [-0.1, -0.05) is 30.3 Å². The van der Waals surface area contributed by atoms with E-state index in [1.165, 1.54) is 0 Å². The Morgan fingerprint density at radius 1 is 0.968 bits per heavy atom. The molecule has 2 atom stereocenters. The van der Waals surface area contributed by atoms with Crippen LogP contribution < -0.4 is 19.5 Å². The Morgan fingerprint density at radius 2 is 1.61 bits per heavy atom. The summed E-state index contributed by atoms with van der Waals surface area (Å²) in [5.41, 5.74) is 1.60. The number of amides is 2. The summed E-state index contributed by atoms with van der Waals surface area (Å²) in [4.78, 5) is 27.7. The Balaban J connectivity index is 1.88. The quantitative estimate of drug-likeness (QED) is 0.697. The van der Waals surface area contributed by atoms with E-state index in [9.17, 15) is 9.59 Å². The maximum absolute atomic E-state index is 13.4. The van der Waals surface area contributed by atoms with Crippen LogP contribution in [0.2, 0.25) is 0 Å². The number of carbonyl (C=O) groups is 2. The van der Waals surface area contributed by atoms with E-state index in [4.69, 9.17) is 14.2 Å². The van der Waals surface area contributed by atoms with Gasteiger partial charge < -0.3 is 24.4 Å². The van der Waals surface area contributed by atoms with Crippen molar-refractivity contribution in [2.45, 2.75) is 38.3 Å². The van der Waals surface area contributed by atoms with E-state index in [-0.39, 0.29) is 17.9 Å². The molecular weight excluding hydrogens is 396 g/mol. The number of hydrogen-bond donors (Lipinski definition) is 1. The molecule has 1 aliphatic heterocycles. The maximum atomic E-state index is 13.4. The van der Waals surface area contributed by atoms with Gasteiger partial charge in [-0.25, -0.2) is 0 Å². The van der Waals surface area contributed by atoms with Crippen molar-refractivity contribution in [3.05, 3.63) is 53.6 Å². The van der Waals surface area contributed by atoms with Gasteiger partial charge in [0.15, 0.2) is 11.5 Å². The molecule has 1 N–H and O–H groups in total. The molecule has 2 unspecified atom stereocenters. The number of piperidine rings is 1. The summed E-state index contributed by atoms with van der Waals surface area (Å²) in [7, 11) is 4.65. The first-order chi connectivity index (χ1) is 15.0. The second kappa shape index (κ2) is 10.2. The lowest BCUT2D eigenvalue weighted by Gasteiger charge is -2.34. The molecule has 0 bridgehead atoms. The van der Waals surface area contributed by atoms with Crippen molar-refractivity contribution in [3.8, 4) is 17.2 Å². The molecule has 1 saturated heterocycles. The molecule has 1 aliphatic rings. The van der Waals surface area contributed by atoms with E-state index in [1.54, 1.807) is 26.2 Å². The molecule has 0 aliphatic carbocycles. The minimum atomic E-state index is -0.668. The van der Waals surface area contributed by atoms with E-state index in [0.29, 0.717) is 30.2 Å². The molecule has 0 saturated carbocycles. The van der Waals surface area contributed by atoms with Gasteiger partial charge in [0, 0.05) is 13.0 Å². The SMILES string of the molecule is COc1cc(C(C)NC(=O)C(c2ccccc2)N2CCCCC2=O)cc(OC)c1OC. The highest BCUT2D eigenvalue weighted by molar-refractivity contribution is 5.89. The molecule has 7 heteroatoms. The lowest BCUT2D eigenvalue weighted by Crippen LogP contribution is -2.46. The zero-order valence-electron chi connectivity index (χ0n) is 18.5. The molecule has 0 spiro atoms. The normalized spacial score (nSPS) is 15.7. The smallest absolute Gasteiger partial charge is 0.247 e. The number of carbonyl (C=O) groups excluding carboxylic acids is 2. The van der Waals surface area contributed by atoms with Crippen molar-refractivity contribution < 1.29 is 23.8 Å². The minimum Gasteiger partial charge on any atom is -0.493 e. The lowest BCUT2D eigenvalue weighted by atomic mass is 9.99. The first kappa shape index (κ1) is 22.5. The van der Waals surface area contributed by atoms with Crippen LogP contribution in [0.5, 0.6) is 17.2 Å². The Bertz CT molecular complexity index is 890. The van der Waals surface area contributed by atoms with Crippen molar-refractivity contribution in [3.63, 3.8) is 0 Å². The van der Waals surface area contributed by atoms with Gasteiger partial charge in [-0.3, -0.25) is 9.59 Å². The summed E-state index contributed by atoms with van der Waals surface area (Å²) in [6.45, 7) is 2.46. The molecule has 0 radical (unpaired) electrons. The molecule has 7 nitrogen and oxygen atoms in total. The molecule has 1 heterocycles. The van der Waals surface area contributed by atoms with Crippen molar-refractivity contribution in [2.75, 3.05) is 27.9 Å². The molecule has 2 amide bonds. The van der Waals surface area contributed by atoms with Crippen LogP contribution >= 0.6 is 0 Å². The van der Waals surface area contributed by atoms with Crippen molar-refractivity contribution >= 4 is 11.8 Å². The zero-order chi connectivity index (χ0) is 22.4. The van der Waals surface area contributed by atoms with E-state index < -0.39 is 6.04 Å². The van der Waals surface area contributed by atoms with E-state index >= 15 is 0 Å². The number of nitrogens with zero attached hydrogens (tertiary/aromatic N) is 1. The van der Waals surface area contributed by atoms with Crippen molar-refractivity contribution in [1.29, 1.82) is 0 Å². The summed E-state index contributed by atoms with van der Waals surface area (Å²) < 4.78 is 16.2. The Labute approximate surface area is 183 Å². The van der Waals surface area contributed by atoms with Crippen molar-refractivity contribution in [1.82, 2.24) is 10.2 Å². The minimum absolute atomic E-state index is 0.00990. The number of benzene rings is 2. The van der Waals surface area contributed by atoms with E-state index in [0.717, 1.165) is 24.0 Å². The number of likely N-dealkylation sites (tertiary alicyclic amines) is 1. The third-order valence-corrected chi connectivity index (χ3v) is 5.58. The fourth-order valence-corrected chi connectivity index (χ4v) is 3.93. The second-order valence-corrected chi connectivity index (χ2v) is 7.55. The first-order valence-electron chi connectivity index (χ1n) is 10.4. The highest BCUT2D eigenvalue weighted by atomic mass is 16.5. The topological polar surface area (TPSA) is 77.1 Å². The summed E-state index contributed by atoms with van der Waals surface area (Å²) in [5.74, 6) is 1.32. The molecule has 166 valence electrons. The van der Waals surface area contributed by atoms with E-state index in [2.05, 4.69) is 5.32 Å².